The maximum Gasteiger partial charge on any atom is 0.209 e. The zero-order valence-corrected chi connectivity index (χ0v) is 17.8. The number of benzene rings is 1. The highest BCUT2D eigenvalue weighted by atomic mass is 79.9. The van der Waals surface area contributed by atoms with Gasteiger partial charge >= 0.3 is 0 Å². The summed E-state index contributed by atoms with van der Waals surface area (Å²) >= 11 is 3.48. The number of hydrogen-bond donors (Lipinski definition) is 1. The molecule has 2 heterocycles. The first-order valence-electron chi connectivity index (χ1n) is 8.83. The van der Waals surface area contributed by atoms with Crippen molar-refractivity contribution in [2.45, 2.75) is 39.3 Å². The van der Waals surface area contributed by atoms with Crippen LogP contribution in [0.5, 0.6) is 0 Å². The molecule has 1 unspecified atom stereocenters. The van der Waals surface area contributed by atoms with Crippen LogP contribution in [0, 0.1) is 0 Å². The number of nitrogens with zero attached hydrogens (tertiary/aromatic N) is 3. The molecule has 3 aromatic rings. The van der Waals surface area contributed by atoms with E-state index in [0.29, 0.717) is 26.1 Å². The van der Waals surface area contributed by atoms with E-state index in [-0.39, 0.29) is 11.8 Å². The van der Waals surface area contributed by atoms with Gasteiger partial charge in [-0.3, -0.25) is 4.98 Å². The second-order valence-electron chi connectivity index (χ2n) is 6.55. The topological polar surface area (TPSA) is 100 Å². The van der Waals surface area contributed by atoms with Crippen molar-refractivity contribution in [3.63, 3.8) is 0 Å². The second-order valence-corrected chi connectivity index (χ2v) is 9.20. The highest BCUT2D eigenvalue weighted by molar-refractivity contribution is 9.10. The quantitative estimate of drug-likeness (QED) is 0.560. The molecule has 0 spiro atoms. The number of aromatic nitrogens is 3. The summed E-state index contributed by atoms with van der Waals surface area (Å²) < 4.78 is 31.2. The van der Waals surface area contributed by atoms with Gasteiger partial charge in [-0.1, -0.05) is 15.9 Å². The Morgan fingerprint density at radius 3 is 2.81 bits per heavy atom. The molecule has 2 aromatic heterocycles. The van der Waals surface area contributed by atoms with Gasteiger partial charge in [-0.15, -0.1) is 0 Å². The second kappa shape index (κ2) is 8.22. The zero-order valence-electron chi connectivity index (χ0n) is 15.4. The fourth-order valence-corrected chi connectivity index (χ4v) is 4.20. The molecule has 0 bridgehead atoms. The third-order valence-electron chi connectivity index (χ3n) is 4.48. The molecule has 0 fully saturated rings. The zero-order chi connectivity index (χ0) is 19.6. The van der Waals surface area contributed by atoms with E-state index in [0.717, 1.165) is 32.2 Å². The molecule has 146 valence electrons. The van der Waals surface area contributed by atoms with Gasteiger partial charge in [0.15, 0.2) is 0 Å². The first kappa shape index (κ1) is 20.2. The van der Waals surface area contributed by atoms with Crippen LogP contribution in [0.2, 0.25) is 0 Å². The lowest BCUT2D eigenvalue weighted by Gasteiger charge is -2.18. The average molecular weight is 455 g/mol. The lowest BCUT2D eigenvalue weighted by Crippen LogP contribution is -2.18. The molecule has 0 saturated carbocycles. The molecule has 0 radical (unpaired) electrons. The van der Waals surface area contributed by atoms with E-state index < -0.39 is 10.0 Å². The van der Waals surface area contributed by atoms with E-state index in [2.05, 4.69) is 32.4 Å². The molecular weight excluding hydrogens is 432 g/mol. The van der Waals surface area contributed by atoms with E-state index in [4.69, 9.17) is 14.9 Å². The van der Waals surface area contributed by atoms with Crippen LogP contribution in [-0.2, 0) is 21.4 Å². The summed E-state index contributed by atoms with van der Waals surface area (Å²) in [4.78, 5) is 9.24. The maximum absolute atomic E-state index is 11.3. The Kier molecular flexibility index (Phi) is 6.15. The monoisotopic (exact) mass is 454 g/mol. The standard InChI is InChI=1S/C18H23BrN4O3S/c1-3-26-11-17-22-16-10-21-15-9-13(19)6-7-14(15)18(16)23(17)12(2)5-4-8-27(20,24)25/h6-7,9-10,12H,3-5,8,11H2,1-2H3,(H2,20,24,25). The summed E-state index contributed by atoms with van der Waals surface area (Å²) in [5, 5.41) is 6.14. The molecular formula is C18H23BrN4O3S. The number of fused-ring (bicyclic) bond motifs is 3. The molecule has 2 N–H and O–H groups in total. The highest BCUT2D eigenvalue weighted by Crippen LogP contribution is 2.31. The highest BCUT2D eigenvalue weighted by Gasteiger charge is 2.19. The van der Waals surface area contributed by atoms with Gasteiger partial charge in [0.25, 0.3) is 0 Å². The normalized spacial score (nSPS) is 13.5. The number of sulfonamides is 1. The van der Waals surface area contributed by atoms with Crippen LogP contribution in [0.3, 0.4) is 0 Å². The Bertz CT molecular complexity index is 1070. The van der Waals surface area contributed by atoms with Gasteiger partial charge < -0.3 is 9.30 Å². The Morgan fingerprint density at radius 1 is 1.33 bits per heavy atom. The average Bonchev–Trinajstić information content (AvgIpc) is 2.97. The van der Waals surface area contributed by atoms with E-state index in [9.17, 15) is 8.42 Å². The predicted molar refractivity (Wildman–Crippen MR) is 110 cm³/mol. The summed E-state index contributed by atoms with van der Waals surface area (Å²) in [5.41, 5.74) is 2.67. The third-order valence-corrected chi connectivity index (χ3v) is 5.83. The van der Waals surface area contributed by atoms with Crippen molar-refractivity contribution < 1.29 is 13.2 Å². The van der Waals surface area contributed by atoms with Crippen LogP contribution < -0.4 is 5.14 Å². The van der Waals surface area contributed by atoms with Gasteiger partial charge in [0, 0.05) is 22.5 Å². The fourth-order valence-electron chi connectivity index (χ4n) is 3.28. The van der Waals surface area contributed by atoms with Gasteiger partial charge in [0.2, 0.25) is 10.0 Å². The van der Waals surface area contributed by atoms with Crippen LogP contribution in [0.4, 0.5) is 0 Å². The summed E-state index contributed by atoms with van der Waals surface area (Å²) in [6, 6.07) is 6.02. The number of pyridine rings is 1. The number of ether oxygens (including phenoxy) is 1. The smallest absolute Gasteiger partial charge is 0.209 e. The van der Waals surface area contributed by atoms with Crippen molar-refractivity contribution in [1.82, 2.24) is 14.5 Å². The van der Waals surface area contributed by atoms with Gasteiger partial charge in [-0.2, -0.15) is 0 Å². The molecule has 3 rings (SSSR count). The van der Waals surface area contributed by atoms with E-state index in [1.54, 1.807) is 6.20 Å². The summed E-state index contributed by atoms with van der Waals surface area (Å²) in [5.74, 6) is 0.784. The minimum Gasteiger partial charge on any atom is -0.374 e. The van der Waals surface area contributed by atoms with Crippen molar-refractivity contribution in [3.05, 3.63) is 34.7 Å². The van der Waals surface area contributed by atoms with Crippen LogP contribution in [0.1, 0.15) is 38.6 Å². The van der Waals surface area contributed by atoms with Crippen LogP contribution in [-0.4, -0.2) is 35.3 Å². The minimum atomic E-state index is -3.46. The van der Waals surface area contributed by atoms with Gasteiger partial charge in [-0.25, -0.2) is 18.5 Å². The van der Waals surface area contributed by atoms with Gasteiger partial charge in [0.1, 0.15) is 17.9 Å². The number of imidazole rings is 1. The van der Waals surface area contributed by atoms with Gasteiger partial charge in [-0.05, 0) is 44.9 Å². The Morgan fingerprint density at radius 2 is 2.11 bits per heavy atom. The SMILES string of the molecule is CCOCc1nc2cnc3cc(Br)ccc3c2n1C(C)CCCS(N)(=O)=O. The summed E-state index contributed by atoms with van der Waals surface area (Å²) in [6.45, 7) is 4.99. The fraction of sp³-hybridized carbons (Fsp3) is 0.444. The number of nitrogens with two attached hydrogens (primary N) is 1. The first-order valence-corrected chi connectivity index (χ1v) is 11.3. The van der Waals surface area contributed by atoms with E-state index in [1.807, 2.05) is 25.1 Å². The molecule has 0 aliphatic heterocycles. The Labute approximate surface area is 167 Å². The molecule has 9 heteroatoms. The van der Waals surface area contributed by atoms with Crippen LogP contribution >= 0.6 is 15.9 Å². The molecule has 27 heavy (non-hydrogen) atoms. The van der Waals surface area contributed by atoms with Crippen molar-refractivity contribution in [1.29, 1.82) is 0 Å². The van der Waals surface area contributed by atoms with Crippen molar-refractivity contribution >= 4 is 47.9 Å². The predicted octanol–water partition coefficient (Wildman–Crippen LogP) is 3.51. The summed E-state index contributed by atoms with van der Waals surface area (Å²) in [7, 11) is -3.46. The molecule has 0 saturated heterocycles. The minimum absolute atomic E-state index is 0.0278. The molecule has 1 aromatic carbocycles. The Hall–Kier alpha value is -1.55. The maximum atomic E-state index is 11.3. The first-order chi connectivity index (χ1) is 12.8. The third kappa shape index (κ3) is 4.66. The molecule has 0 amide bonds. The number of halogens is 1. The number of primary sulfonamides is 1. The van der Waals surface area contributed by atoms with E-state index in [1.165, 1.54) is 0 Å². The van der Waals surface area contributed by atoms with Crippen molar-refractivity contribution in [2.24, 2.45) is 5.14 Å². The van der Waals surface area contributed by atoms with Crippen LogP contribution in [0.15, 0.2) is 28.9 Å². The van der Waals surface area contributed by atoms with Gasteiger partial charge in [0.05, 0.1) is 23.0 Å². The van der Waals surface area contributed by atoms with E-state index >= 15 is 0 Å². The molecule has 0 aliphatic rings. The summed E-state index contributed by atoms with van der Waals surface area (Å²) in [6.07, 6.45) is 2.93. The molecule has 0 aliphatic carbocycles. The van der Waals surface area contributed by atoms with Crippen LogP contribution in [0.25, 0.3) is 21.9 Å². The Balaban J connectivity index is 2.08. The molecule has 1 atom stereocenters. The number of hydrogen-bond acceptors (Lipinski definition) is 5. The van der Waals surface area contributed by atoms with Crippen molar-refractivity contribution in [3.8, 4) is 0 Å². The largest absolute Gasteiger partial charge is 0.374 e. The lowest BCUT2D eigenvalue weighted by molar-refractivity contribution is 0.124. The number of rotatable bonds is 8. The molecule has 7 nitrogen and oxygen atoms in total. The lowest BCUT2D eigenvalue weighted by atomic mass is 10.1. The van der Waals surface area contributed by atoms with Crippen molar-refractivity contribution in [2.75, 3.05) is 12.4 Å².